The molecular formula is C26H28N2O6. The highest BCUT2D eigenvalue weighted by molar-refractivity contribution is 6.09. The van der Waals surface area contributed by atoms with Crippen LogP contribution >= 0.6 is 0 Å². The van der Waals surface area contributed by atoms with E-state index in [2.05, 4.69) is 10.5 Å². The van der Waals surface area contributed by atoms with Crippen LogP contribution in [0.5, 0.6) is 23.0 Å². The molecule has 0 radical (unpaired) electrons. The van der Waals surface area contributed by atoms with Crippen molar-refractivity contribution >= 4 is 16.7 Å². The molecule has 1 atom stereocenters. The van der Waals surface area contributed by atoms with Crippen LogP contribution in [-0.4, -0.2) is 32.1 Å². The molecule has 2 N–H and O–H groups in total. The van der Waals surface area contributed by atoms with Crippen molar-refractivity contribution in [2.45, 2.75) is 45.1 Å². The minimum Gasteiger partial charge on any atom is -0.506 e. The number of benzene rings is 2. The number of ether oxygens (including phenoxy) is 3. The highest BCUT2D eigenvalue weighted by Gasteiger charge is 2.30. The summed E-state index contributed by atoms with van der Waals surface area (Å²) in [6.45, 7) is 1.89. The fourth-order valence-electron chi connectivity index (χ4n) is 5.18. The second-order valence-electron chi connectivity index (χ2n) is 8.74. The minimum atomic E-state index is -0.297. The van der Waals surface area contributed by atoms with E-state index in [-0.39, 0.29) is 17.4 Å². The predicted molar refractivity (Wildman–Crippen MR) is 129 cm³/mol. The number of aryl methyl sites for hydroxylation is 2. The van der Waals surface area contributed by atoms with Crippen molar-refractivity contribution in [3.8, 4) is 23.0 Å². The van der Waals surface area contributed by atoms with Crippen LogP contribution in [0.4, 0.5) is 0 Å². The number of aromatic hydroxyl groups is 1. The molecular weight excluding hydrogens is 436 g/mol. The van der Waals surface area contributed by atoms with E-state index in [1.165, 1.54) is 0 Å². The second-order valence-corrected chi connectivity index (χ2v) is 8.74. The number of methoxy groups -OCH3 is 3. The van der Waals surface area contributed by atoms with Gasteiger partial charge in [0.25, 0.3) is 0 Å². The molecule has 34 heavy (non-hydrogen) atoms. The zero-order chi connectivity index (χ0) is 24.0. The molecule has 1 aliphatic carbocycles. The van der Waals surface area contributed by atoms with Gasteiger partial charge in [0, 0.05) is 29.2 Å². The Labute approximate surface area is 197 Å². The number of nitrogens with one attached hydrogen (secondary N) is 1. The lowest BCUT2D eigenvalue weighted by Gasteiger charge is -2.19. The van der Waals surface area contributed by atoms with Crippen LogP contribution in [-0.2, 0) is 12.8 Å². The van der Waals surface area contributed by atoms with E-state index in [0.29, 0.717) is 52.2 Å². The Morgan fingerprint density at radius 1 is 1.00 bits per heavy atom. The molecule has 1 aromatic heterocycles. The molecule has 2 heterocycles. The third kappa shape index (κ3) is 3.45. The minimum absolute atomic E-state index is 0.123. The Morgan fingerprint density at radius 3 is 2.38 bits per heavy atom. The van der Waals surface area contributed by atoms with Crippen molar-refractivity contribution < 1.29 is 23.7 Å². The Bertz CT molecular complexity index is 1370. The van der Waals surface area contributed by atoms with Gasteiger partial charge >= 0.3 is 5.63 Å². The highest BCUT2D eigenvalue weighted by Crippen LogP contribution is 2.42. The highest BCUT2D eigenvalue weighted by atomic mass is 16.5. The number of nitrogens with zero attached hydrogens (tertiary/aromatic N) is 1. The molecule has 0 amide bonds. The van der Waals surface area contributed by atoms with Crippen LogP contribution in [0.2, 0.25) is 0 Å². The van der Waals surface area contributed by atoms with Crippen LogP contribution in [0.3, 0.4) is 0 Å². The number of phenols is 1. The molecule has 0 saturated carbocycles. The molecule has 8 nitrogen and oxygen atoms in total. The van der Waals surface area contributed by atoms with Gasteiger partial charge < -0.3 is 29.2 Å². The van der Waals surface area contributed by atoms with Crippen molar-refractivity contribution in [1.82, 2.24) is 5.43 Å². The van der Waals surface area contributed by atoms with Crippen LogP contribution in [0.15, 0.2) is 32.5 Å². The maximum absolute atomic E-state index is 12.5. The molecule has 0 fully saturated rings. The Hall–Kier alpha value is -3.68. The van der Waals surface area contributed by atoms with Crippen molar-refractivity contribution in [2.75, 3.05) is 21.3 Å². The van der Waals surface area contributed by atoms with E-state index in [4.69, 9.17) is 18.6 Å². The largest absolute Gasteiger partial charge is 0.506 e. The normalized spacial score (nSPS) is 17.2. The number of phenolic OH excluding ortho intramolecular Hbond substituents is 1. The van der Waals surface area contributed by atoms with Gasteiger partial charge in [-0.2, -0.15) is 5.10 Å². The van der Waals surface area contributed by atoms with Crippen LogP contribution in [0.25, 0.3) is 11.0 Å². The summed E-state index contributed by atoms with van der Waals surface area (Å²) in [4.78, 5) is 12.5. The summed E-state index contributed by atoms with van der Waals surface area (Å²) >= 11 is 0. The maximum atomic E-state index is 12.5. The zero-order valence-corrected chi connectivity index (χ0v) is 19.8. The second kappa shape index (κ2) is 8.59. The first-order valence-electron chi connectivity index (χ1n) is 11.4. The number of fused-ring (bicyclic) bond motifs is 3. The van der Waals surface area contributed by atoms with Crippen LogP contribution in [0, 0.1) is 6.92 Å². The summed E-state index contributed by atoms with van der Waals surface area (Å²) in [6, 6.07) is 5.32. The molecule has 2 aliphatic rings. The standard InChI is InChI=1S/C26H28N2O6/c1-13-9-22-24(14-7-5-6-8-15(14)26(30)34-22)25(29)23(13)18-11-17(27-28-18)16-10-20(32-3)21(33-4)12-19(16)31-2/h9-10,12,17,27,29H,5-8,11H2,1-4H3. The molecule has 5 rings (SSSR count). The summed E-state index contributed by atoms with van der Waals surface area (Å²) in [5.41, 5.74) is 7.97. The molecule has 2 aromatic carbocycles. The lowest BCUT2D eigenvalue weighted by atomic mass is 9.87. The zero-order valence-electron chi connectivity index (χ0n) is 19.8. The first kappa shape index (κ1) is 22.1. The summed E-state index contributed by atoms with van der Waals surface area (Å²) in [7, 11) is 4.78. The smallest absolute Gasteiger partial charge is 0.339 e. The average Bonchev–Trinajstić information content (AvgIpc) is 3.32. The maximum Gasteiger partial charge on any atom is 0.339 e. The number of hydrogen-bond donors (Lipinski definition) is 2. The van der Waals surface area contributed by atoms with Crippen molar-refractivity contribution in [3.05, 3.63) is 56.4 Å². The van der Waals surface area contributed by atoms with Gasteiger partial charge in [0.05, 0.1) is 38.5 Å². The van der Waals surface area contributed by atoms with Gasteiger partial charge in [-0.3, -0.25) is 0 Å². The molecule has 178 valence electrons. The monoisotopic (exact) mass is 464 g/mol. The molecule has 0 bridgehead atoms. The molecule has 3 aromatic rings. The van der Waals surface area contributed by atoms with E-state index in [9.17, 15) is 9.90 Å². The SMILES string of the molecule is COc1cc(OC)c(C2CC(c3c(C)cc4oc(=O)c5c(c4c3O)CCCC5)=NN2)cc1OC. The molecule has 8 heteroatoms. The Kier molecular flexibility index (Phi) is 5.59. The van der Waals surface area contributed by atoms with Gasteiger partial charge in [0.2, 0.25) is 0 Å². The first-order chi connectivity index (χ1) is 16.5. The van der Waals surface area contributed by atoms with Crippen molar-refractivity contribution in [1.29, 1.82) is 0 Å². The van der Waals surface area contributed by atoms with E-state index < -0.39 is 0 Å². The lowest BCUT2D eigenvalue weighted by Crippen LogP contribution is -2.16. The Morgan fingerprint density at radius 2 is 1.68 bits per heavy atom. The molecule has 1 unspecified atom stereocenters. The summed E-state index contributed by atoms with van der Waals surface area (Å²) in [6.07, 6.45) is 3.90. The van der Waals surface area contributed by atoms with Gasteiger partial charge in [-0.1, -0.05) is 0 Å². The summed E-state index contributed by atoms with van der Waals surface area (Å²) in [5.74, 6) is 1.95. The van der Waals surface area contributed by atoms with Gasteiger partial charge in [-0.15, -0.1) is 0 Å². The Balaban J connectivity index is 1.57. The van der Waals surface area contributed by atoms with Crippen LogP contribution in [0.1, 0.15) is 53.1 Å². The van der Waals surface area contributed by atoms with Gasteiger partial charge in [0.15, 0.2) is 11.5 Å². The van der Waals surface area contributed by atoms with Crippen molar-refractivity contribution in [2.24, 2.45) is 5.10 Å². The third-order valence-electron chi connectivity index (χ3n) is 6.83. The third-order valence-corrected chi connectivity index (χ3v) is 6.83. The predicted octanol–water partition coefficient (Wildman–Crippen LogP) is 4.15. The average molecular weight is 465 g/mol. The number of hydrazone groups is 1. The van der Waals surface area contributed by atoms with Gasteiger partial charge in [0.1, 0.15) is 17.1 Å². The lowest BCUT2D eigenvalue weighted by molar-refractivity contribution is 0.345. The topological polar surface area (TPSA) is 103 Å². The van der Waals surface area contributed by atoms with Gasteiger partial charge in [-0.25, -0.2) is 4.79 Å². The quantitative estimate of drug-likeness (QED) is 0.547. The van der Waals surface area contributed by atoms with E-state index >= 15 is 0 Å². The molecule has 0 spiro atoms. The molecule has 1 aliphatic heterocycles. The number of hydrogen-bond acceptors (Lipinski definition) is 8. The first-order valence-corrected chi connectivity index (χ1v) is 11.4. The molecule has 0 saturated heterocycles. The van der Waals surface area contributed by atoms with E-state index in [0.717, 1.165) is 41.7 Å². The van der Waals surface area contributed by atoms with E-state index in [1.807, 2.05) is 19.1 Å². The van der Waals surface area contributed by atoms with Crippen LogP contribution < -0.4 is 25.3 Å². The van der Waals surface area contributed by atoms with Crippen molar-refractivity contribution in [3.63, 3.8) is 0 Å². The fourth-order valence-corrected chi connectivity index (χ4v) is 5.18. The van der Waals surface area contributed by atoms with Gasteiger partial charge in [-0.05, 0) is 55.9 Å². The number of rotatable bonds is 5. The summed E-state index contributed by atoms with van der Waals surface area (Å²) < 4.78 is 22.1. The van der Waals surface area contributed by atoms with E-state index in [1.54, 1.807) is 27.4 Å². The summed E-state index contributed by atoms with van der Waals surface area (Å²) in [5, 5.41) is 16.6. The fraction of sp³-hybridized carbons (Fsp3) is 0.385.